The quantitative estimate of drug-likeness (QED) is 0.498. The lowest BCUT2D eigenvalue weighted by Gasteiger charge is -1.91. The fourth-order valence-corrected chi connectivity index (χ4v) is 0.475. The van der Waals surface area contributed by atoms with Crippen LogP contribution in [0.5, 0.6) is 0 Å². The minimum Gasteiger partial charge on any atom is -0.207 e. The predicted octanol–water partition coefficient (Wildman–Crippen LogP) is 1.95. The van der Waals surface area contributed by atoms with Crippen LogP contribution in [-0.4, -0.2) is 0 Å². The first kappa shape index (κ1) is 6.20. The molecule has 0 aliphatic heterocycles. The summed E-state index contributed by atoms with van der Waals surface area (Å²) in [5, 5.41) is 0. The van der Waals surface area contributed by atoms with Gasteiger partial charge < -0.3 is 0 Å². The van der Waals surface area contributed by atoms with Crippen molar-refractivity contribution < 1.29 is 8.78 Å². The van der Waals surface area contributed by atoms with Gasteiger partial charge in [-0.3, -0.25) is 0 Å². The van der Waals surface area contributed by atoms with Crippen LogP contribution in [0.25, 0.3) is 0 Å². The lowest BCUT2D eigenvalue weighted by Crippen LogP contribution is -1.82. The smallest absolute Gasteiger partial charge is 0.129 e. The third-order valence-corrected chi connectivity index (χ3v) is 0.937. The molecule has 0 amide bonds. The summed E-state index contributed by atoms with van der Waals surface area (Å²) in [5.41, 5.74) is 0.0939. The molecule has 2 heteroatoms. The molecule has 0 aromatic heterocycles. The highest BCUT2D eigenvalue weighted by atomic mass is 19.1. The first-order chi connectivity index (χ1) is 4.20. The van der Waals surface area contributed by atoms with E-state index in [0.29, 0.717) is 0 Å². The van der Waals surface area contributed by atoms with Gasteiger partial charge >= 0.3 is 0 Å². The molecule has 0 nitrogen and oxygen atoms in total. The highest BCUT2D eigenvalue weighted by Crippen LogP contribution is 2.05. The van der Waals surface area contributed by atoms with E-state index in [4.69, 9.17) is 0 Å². The van der Waals surface area contributed by atoms with E-state index in [2.05, 4.69) is 13.0 Å². The van der Waals surface area contributed by atoms with Gasteiger partial charge in [0.25, 0.3) is 0 Å². The molecule has 0 bridgehead atoms. The van der Waals surface area contributed by atoms with Gasteiger partial charge in [0.1, 0.15) is 11.6 Å². The Morgan fingerprint density at radius 2 is 2.11 bits per heavy atom. The van der Waals surface area contributed by atoms with Crippen LogP contribution in [0.3, 0.4) is 0 Å². The summed E-state index contributed by atoms with van der Waals surface area (Å²) in [5.74, 6) is -1.28. The van der Waals surface area contributed by atoms with E-state index in [9.17, 15) is 8.78 Å². The average molecular weight is 126 g/mol. The van der Waals surface area contributed by atoms with Gasteiger partial charge in [-0.15, -0.1) is 0 Å². The van der Waals surface area contributed by atoms with E-state index >= 15 is 0 Å². The number of rotatable bonds is 0. The molecule has 0 saturated carbocycles. The Kier molecular flexibility index (Phi) is 1.47. The molecule has 1 aromatic carbocycles. The zero-order chi connectivity index (χ0) is 6.85. The van der Waals surface area contributed by atoms with Gasteiger partial charge in [0.05, 0.1) is 0 Å². The standard InChI is InChI=1S/C7H4F2/c1-5-2-3-6(8)4-7(5)9/h3-4H,1H2. The second-order valence-electron chi connectivity index (χ2n) is 1.64. The number of halogens is 2. The molecular weight excluding hydrogens is 122 g/mol. The highest BCUT2D eigenvalue weighted by molar-refractivity contribution is 5.19. The summed E-state index contributed by atoms with van der Waals surface area (Å²) in [6.07, 6.45) is 0. The van der Waals surface area contributed by atoms with Crippen molar-refractivity contribution in [3.63, 3.8) is 0 Å². The maximum absolute atomic E-state index is 12.2. The van der Waals surface area contributed by atoms with E-state index in [1.807, 2.05) is 0 Å². The average Bonchev–Trinajstić information content (AvgIpc) is 1.80. The molecule has 1 aromatic rings. The fourth-order valence-electron chi connectivity index (χ4n) is 0.475. The van der Waals surface area contributed by atoms with Crippen LogP contribution in [0, 0.1) is 24.6 Å². The molecule has 0 aliphatic rings. The summed E-state index contributed by atoms with van der Waals surface area (Å²) < 4.78 is 24.3. The largest absolute Gasteiger partial charge is 0.207 e. The lowest BCUT2D eigenvalue weighted by atomic mass is 10.2. The molecule has 0 spiro atoms. The van der Waals surface area contributed by atoms with Crippen molar-refractivity contribution in [2.24, 2.45) is 0 Å². The lowest BCUT2D eigenvalue weighted by molar-refractivity contribution is 0.579. The third-order valence-electron chi connectivity index (χ3n) is 0.937. The predicted molar refractivity (Wildman–Crippen MR) is 29.7 cm³/mol. The molecule has 0 fully saturated rings. The van der Waals surface area contributed by atoms with Crippen LogP contribution in [-0.2, 0) is 0 Å². The van der Waals surface area contributed by atoms with Gasteiger partial charge in [0, 0.05) is 6.07 Å². The van der Waals surface area contributed by atoms with E-state index in [1.165, 1.54) is 0 Å². The summed E-state index contributed by atoms with van der Waals surface area (Å²) >= 11 is 0. The van der Waals surface area contributed by atoms with E-state index in [-0.39, 0.29) is 5.56 Å². The van der Waals surface area contributed by atoms with Gasteiger partial charge in [-0.05, 0) is 24.6 Å². The summed E-state index contributed by atoms with van der Waals surface area (Å²) in [4.78, 5) is 0. The molecule has 1 rings (SSSR count). The monoisotopic (exact) mass is 126 g/mol. The Labute approximate surface area is 52.1 Å². The van der Waals surface area contributed by atoms with Crippen LogP contribution in [0.4, 0.5) is 8.78 Å². The normalized spacial score (nSPS) is 9.67. The Bertz CT molecular complexity index is 218. The zero-order valence-corrected chi connectivity index (χ0v) is 4.62. The molecule has 0 N–H and O–H groups in total. The minimum absolute atomic E-state index is 0.0939. The van der Waals surface area contributed by atoms with Crippen LogP contribution in [0.1, 0.15) is 5.56 Å². The second-order valence-corrected chi connectivity index (χ2v) is 1.64. The highest BCUT2D eigenvalue weighted by Gasteiger charge is 1.96. The second kappa shape index (κ2) is 2.13. The van der Waals surface area contributed by atoms with Crippen molar-refractivity contribution in [2.75, 3.05) is 0 Å². The minimum atomic E-state index is -0.657. The van der Waals surface area contributed by atoms with Gasteiger partial charge in [-0.1, -0.05) is 0 Å². The fraction of sp³-hybridized carbons (Fsp3) is 0. The first-order valence-corrected chi connectivity index (χ1v) is 2.39. The van der Waals surface area contributed by atoms with Crippen molar-refractivity contribution in [3.8, 4) is 0 Å². The molecular formula is C7H4F2. The molecule has 0 atom stereocenters. The molecule has 0 unspecified atom stereocenters. The van der Waals surface area contributed by atoms with Crippen molar-refractivity contribution in [2.45, 2.75) is 0 Å². The van der Waals surface area contributed by atoms with Crippen molar-refractivity contribution in [1.29, 1.82) is 0 Å². The van der Waals surface area contributed by atoms with Crippen LogP contribution in [0.15, 0.2) is 12.1 Å². The molecule has 2 radical (unpaired) electrons. The molecule has 0 saturated heterocycles. The SMILES string of the molecule is [CH2]c1[c]cc(F)cc1F. The van der Waals surface area contributed by atoms with Gasteiger partial charge in [-0.2, -0.15) is 0 Å². The van der Waals surface area contributed by atoms with Gasteiger partial charge in [-0.25, -0.2) is 8.78 Å². The topological polar surface area (TPSA) is 0 Å². The van der Waals surface area contributed by atoms with E-state index < -0.39 is 11.6 Å². The summed E-state index contributed by atoms with van der Waals surface area (Å²) in [6.45, 7) is 3.26. The van der Waals surface area contributed by atoms with Crippen LogP contribution < -0.4 is 0 Å². The van der Waals surface area contributed by atoms with Crippen molar-refractivity contribution in [3.05, 3.63) is 42.3 Å². The maximum atomic E-state index is 12.2. The van der Waals surface area contributed by atoms with Gasteiger partial charge in [0.2, 0.25) is 0 Å². The molecule has 46 valence electrons. The maximum Gasteiger partial charge on any atom is 0.129 e. The van der Waals surface area contributed by atoms with E-state index in [1.54, 1.807) is 0 Å². The summed E-state index contributed by atoms with van der Waals surface area (Å²) in [7, 11) is 0. The summed E-state index contributed by atoms with van der Waals surface area (Å²) in [6, 6.07) is 4.13. The van der Waals surface area contributed by atoms with Crippen LogP contribution in [0.2, 0.25) is 0 Å². The molecule has 0 aliphatic carbocycles. The Hall–Kier alpha value is -0.920. The number of hydrogen-bond donors (Lipinski definition) is 0. The van der Waals surface area contributed by atoms with Crippen LogP contribution >= 0.6 is 0 Å². The van der Waals surface area contributed by atoms with Crippen molar-refractivity contribution in [1.82, 2.24) is 0 Å². The number of benzene rings is 1. The Morgan fingerprint density at radius 3 is 2.56 bits per heavy atom. The van der Waals surface area contributed by atoms with E-state index in [0.717, 1.165) is 12.1 Å². The molecule has 9 heavy (non-hydrogen) atoms. The van der Waals surface area contributed by atoms with Gasteiger partial charge in [0.15, 0.2) is 0 Å². The Balaban J connectivity index is 3.17. The first-order valence-electron chi connectivity index (χ1n) is 2.39. The number of hydrogen-bond acceptors (Lipinski definition) is 0. The van der Waals surface area contributed by atoms with Crippen molar-refractivity contribution >= 4 is 0 Å². The zero-order valence-electron chi connectivity index (χ0n) is 4.62. The Morgan fingerprint density at radius 1 is 1.44 bits per heavy atom. The third kappa shape index (κ3) is 1.25. The molecule has 0 heterocycles.